The fourth-order valence-electron chi connectivity index (χ4n) is 4.95. The smallest absolute Gasteiger partial charge is 0.406 e. The van der Waals surface area contributed by atoms with Crippen LogP contribution in [-0.2, 0) is 10.3 Å². The number of amides is 1. The first-order valence-electron chi connectivity index (χ1n) is 12.3. The van der Waals surface area contributed by atoms with Gasteiger partial charge in [-0.05, 0) is 86.7 Å². The first-order valence-corrected chi connectivity index (χ1v) is 12.3. The van der Waals surface area contributed by atoms with Crippen molar-refractivity contribution in [1.29, 1.82) is 0 Å². The Balaban J connectivity index is 1.44. The summed E-state index contributed by atoms with van der Waals surface area (Å²) in [4.78, 5) is 19.6. The highest BCUT2D eigenvalue weighted by molar-refractivity contribution is 6.00. The molecule has 2 atom stereocenters. The molecule has 0 radical (unpaired) electrons. The number of carbonyl (C=O) groups excluding carboxylic acids is 1. The highest BCUT2D eigenvalue weighted by atomic mass is 19.4. The predicted octanol–water partition coefficient (Wildman–Crippen LogP) is 6.51. The molecule has 5 rings (SSSR count). The van der Waals surface area contributed by atoms with Crippen LogP contribution in [0.25, 0.3) is 0 Å². The summed E-state index contributed by atoms with van der Waals surface area (Å²) in [6.07, 6.45) is -0.632. The van der Waals surface area contributed by atoms with Crippen LogP contribution in [0.3, 0.4) is 0 Å². The van der Waals surface area contributed by atoms with Crippen LogP contribution in [0.2, 0.25) is 0 Å². The minimum atomic E-state index is -4.86. The van der Waals surface area contributed by atoms with E-state index in [1.54, 1.807) is 6.20 Å². The van der Waals surface area contributed by atoms with Crippen LogP contribution in [0, 0.1) is 11.6 Å². The molecule has 1 N–H and O–H groups in total. The number of rotatable bonds is 7. The maximum Gasteiger partial charge on any atom is 0.573 e. The maximum atomic E-state index is 14.1. The van der Waals surface area contributed by atoms with Crippen LogP contribution >= 0.6 is 0 Å². The molecule has 3 aromatic rings. The highest BCUT2D eigenvalue weighted by Crippen LogP contribution is 2.41. The summed E-state index contributed by atoms with van der Waals surface area (Å²) < 4.78 is 70.0. The highest BCUT2D eigenvalue weighted by Gasteiger charge is 2.44. The van der Waals surface area contributed by atoms with Crippen LogP contribution in [-0.4, -0.2) is 23.3 Å². The number of anilines is 1. The zero-order valence-electron chi connectivity index (χ0n) is 20.7. The van der Waals surface area contributed by atoms with Crippen LogP contribution in [0.4, 0.5) is 27.6 Å². The largest absolute Gasteiger partial charge is 0.573 e. The predicted molar refractivity (Wildman–Crippen MR) is 130 cm³/mol. The van der Waals surface area contributed by atoms with E-state index < -0.39 is 41.4 Å². The van der Waals surface area contributed by atoms with Gasteiger partial charge in [-0.1, -0.05) is 6.07 Å². The van der Waals surface area contributed by atoms with Crippen LogP contribution in [0.5, 0.6) is 5.75 Å². The maximum absolute atomic E-state index is 14.1. The molecule has 0 unspecified atom stereocenters. The molecule has 5 nitrogen and oxygen atoms in total. The van der Waals surface area contributed by atoms with Crippen molar-refractivity contribution in [3.05, 3.63) is 89.2 Å². The molecule has 1 saturated heterocycles. The van der Waals surface area contributed by atoms with E-state index >= 15 is 0 Å². The van der Waals surface area contributed by atoms with Gasteiger partial charge in [0.2, 0.25) is 5.91 Å². The Hall–Kier alpha value is -3.53. The summed E-state index contributed by atoms with van der Waals surface area (Å²) >= 11 is 0. The van der Waals surface area contributed by atoms with Gasteiger partial charge in [0.05, 0.1) is 12.1 Å². The third-order valence-electron chi connectivity index (χ3n) is 6.96. The Bertz CT molecular complexity index is 1300. The molecule has 2 fully saturated rings. The summed E-state index contributed by atoms with van der Waals surface area (Å²) in [5.41, 5.74) is 1.75. The van der Waals surface area contributed by atoms with E-state index in [0.29, 0.717) is 5.92 Å². The number of aromatic nitrogens is 1. The SMILES string of the molecule is CC(C)(N[C@H]1C[C@@H](c2cc(F)cc(F)c2)N(c2ccc(OC(F)(F)F)cc2)C1=O)c1ccc(C2CC2)nc1. The summed E-state index contributed by atoms with van der Waals surface area (Å²) in [5.74, 6) is -1.90. The number of hydrogen-bond donors (Lipinski definition) is 1. The molecule has 0 spiro atoms. The molecule has 1 saturated carbocycles. The minimum Gasteiger partial charge on any atom is -0.406 e. The van der Waals surface area contributed by atoms with Gasteiger partial charge in [-0.3, -0.25) is 15.1 Å². The number of nitrogens with zero attached hydrogens (tertiary/aromatic N) is 2. The molecule has 1 amide bonds. The van der Waals surface area contributed by atoms with Crippen molar-refractivity contribution in [2.45, 2.75) is 63.0 Å². The number of alkyl halides is 3. The summed E-state index contributed by atoms with van der Waals surface area (Å²) in [5, 5.41) is 3.36. The fraction of sp³-hybridized carbons (Fsp3) is 0.357. The van der Waals surface area contributed by atoms with E-state index in [4.69, 9.17) is 0 Å². The number of pyridine rings is 1. The van der Waals surface area contributed by atoms with Gasteiger partial charge in [0, 0.05) is 35.1 Å². The molecule has 1 aromatic heterocycles. The van der Waals surface area contributed by atoms with Gasteiger partial charge in [-0.25, -0.2) is 8.78 Å². The molecule has 10 heteroatoms. The lowest BCUT2D eigenvalue weighted by molar-refractivity contribution is -0.274. The first-order chi connectivity index (χ1) is 17.9. The van der Waals surface area contributed by atoms with E-state index in [1.807, 2.05) is 26.0 Å². The van der Waals surface area contributed by atoms with E-state index in [0.717, 1.165) is 54.4 Å². The monoisotopic (exact) mass is 531 g/mol. The standard InChI is InChI=1S/C28H26F5N3O2/c1-27(2,18-5-10-23(34-15-18)16-3-4-16)35-24-14-25(17-11-19(29)13-20(30)12-17)36(26(24)37)21-6-8-22(9-7-21)38-28(31,32)33/h5-13,15-16,24-25,35H,3-4,14H2,1-2H3/t24-,25-/m0/s1. The summed E-state index contributed by atoms with van der Waals surface area (Å²) in [7, 11) is 0. The van der Waals surface area contributed by atoms with E-state index in [-0.39, 0.29) is 23.6 Å². The van der Waals surface area contributed by atoms with Gasteiger partial charge in [-0.15, -0.1) is 13.2 Å². The van der Waals surface area contributed by atoms with Crippen molar-refractivity contribution in [3.8, 4) is 5.75 Å². The van der Waals surface area contributed by atoms with Crippen molar-refractivity contribution >= 4 is 11.6 Å². The molecule has 2 heterocycles. The van der Waals surface area contributed by atoms with Crippen molar-refractivity contribution in [1.82, 2.24) is 10.3 Å². The molecule has 2 aromatic carbocycles. The lowest BCUT2D eigenvalue weighted by Crippen LogP contribution is -2.47. The molecule has 1 aliphatic carbocycles. The van der Waals surface area contributed by atoms with Gasteiger partial charge in [0.25, 0.3) is 0 Å². The second-order valence-corrected chi connectivity index (χ2v) is 10.3. The topological polar surface area (TPSA) is 54.5 Å². The number of ether oxygens (including phenoxy) is 1. The number of carbonyl (C=O) groups is 1. The average molecular weight is 532 g/mol. The second kappa shape index (κ2) is 9.65. The molecule has 0 bridgehead atoms. The fourth-order valence-corrected chi connectivity index (χ4v) is 4.95. The quantitative estimate of drug-likeness (QED) is 0.354. The van der Waals surface area contributed by atoms with Gasteiger partial charge in [0.15, 0.2) is 0 Å². The van der Waals surface area contributed by atoms with Crippen LogP contribution < -0.4 is 15.0 Å². The van der Waals surface area contributed by atoms with Crippen molar-refractivity contribution in [2.75, 3.05) is 4.90 Å². The molecular weight excluding hydrogens is 505 g/mol. The van der Waals surface area contributed by atoms with Crippen molar-refractivity contribution in [2.24, 2.45) is 0 Å². The normalized spacial score (nSPS) is 20.2. The van der Waals surface area contributed by atoms with Crippen LogP contribution in [0.1, 0.15) is 61.9 Å². The number of benzene rings is 2. The molecule has 200 valence electrons. The van der Waals surface area contributed by atoms with Gasteiger partial charge < -0.3 is 9.64 Å². The third kappa shape index (κ3) is 5.65. The number of nitrogens with one attached hydrogen (secondary N) is 1. The Labute approximate surface area is 216 Å². The zero-order chi connectivity index (χ0) is 27.2. The van der Waals surface area contributed by atoms with E-state index in [2.05, 4.69) is 15.0 Å². The Morgan fingerprint density at radius 3 is 2.18 bits per heavy atom. The van der Waals surface area contributed by atoms with Gasteiger partial charge >= 0.3 is 6.36 Å². The Morgan fingerprint density at radius 1 is 0.974 bits per heavy atom. The summed E-state index contributed by atoms with van der Waals surface area (Å²) in [6.45, 7) is 3.83. The third-order valence-corrected chi connectivity index (χ3v) is 6.96. The zero-order valence-corrected chi connectivity index (χ0v) is 20.7. The lowest BCUT2D eigenvalue weighted by atomic mass is 9.93. The average Bonchev–Trinajstić information content (AvgIpc) is 3.63. The van der Waals surface area contributed by atoms with Crippen molar-refractivity contribution < 1.29 is 31.5 Å². The Kier molecular flexibility index (Phi) is 6.63. The van der Waals surface area contributed by atoms with Gasteiger partial charge in [-0.2, -0.15) is 0 Å². The Morgan fingerprint density at radius 2 is 1.63 bits per heavy atom. The second-order valence-electron chi connectivity index (χ2n) is 10.3. The van der Waals surface area contributed by atoms with E-state index in [1.165, 1.54) is 17.0 Å². The number of halogens is 5. The van der Waals surface area contributed by atoms with Crippen molar-refractivity contribution in [3.63, 3.8) is 0 Å². The molecule has 38 heavy (non-hydrogen) atoms. The number of hydrogen-bond acceptors (Lipinski definition) is 4. The van der Waals surface area contributed by atoms with Gasteiger partial charge in [0.1, 0.15) is 17.4 Å². The molecule has 2 aliphatic rings. The lowest BCUT2D eigenvalue weighted by Gasteiger charge is -2.30. The first kappa shape index (κ1) is 26.1. The van der Waals surface area contributed by atoms with E-state index in [9.17, 15) is 26.7 Å². The molecule has 1 aliphatic heterocycles. The minimum absolute atomic E-state index is 0.180. The summed E-state index contributed by atoms with van der Waals surface area (Å²) in [6, 6.07) is 10.3. The van der Waals surface area contributed by atoms with Crippen LogP contribution in [0.15, 0.2) is 60.8 Å². The molecular formula is C28H26F5N3O2.